The number of halogens is 3. The molecule has 5 nitrogen and oxygen atoms in total. The van der Waals surface area contributed by atoms with Crippen LogP contribution in [0, 0.1) is 0 Å². The predicted molar refractivity (Wildman–Crippen MR) is 114 cm³/mol. The molecule has 1 saturated heterocycles. The van der Waals surface area contributed by atoms with Gasteiger partial charge in [-0.3, -0.25) is 14.6 Å². The first-order valence-corrected chi connectivity index (χ1v) is 10.2. The van der Waals surface area contributed by atoms with Crippen molar-refractivity contribution < 1.29 is 9.90 Å². The molecule has 0 atom stereocenters. The summed E-state index contributed by atoms with van der Waals surface area (Å²) >= 11 is 17.8. The maximum atomic E-state index is 12.2. The van der Waals surface area contributed by atoms with Gasteiger partial charge in [-0.05, 0) is 35.9 Å². The normalized spacial score (nSPS) is 15.5. The van der Waals surface area contributed by atoms with Crippen LogP contribution >= 0.6 is 34.8 Å². The van der Waals surface area contributed by atoms with Crippen LogP contribution in [0.1, 0.15) is 15.9 Å². The minimum atomic E-state index is -0.299. The number of carbonyl (C=O) groups excluding carboxylic acids is 1. The Hall–Kier alpha value is -1.50. The molecule has 0 unspecified atom stereocenters. The van der Waals surface area contributed by atoms with Gasteiger partial charge < -0.3 is 10.4 Å². The van der Waals surface area contributed by atoms with Crippen molar-refractivity contribution in [3.63, 3.8) is 0 Å². The fourth-order valence-corrected chi connectivity index (χ4v) is 3.67. The molecule has 2 aromatic rings. The molecule has 0 saturated carbocycles. The molecule has 1 fully saturated rings. The zero-order valence-corrected chi connectivity index (χ0v) is 17.6. The van der Waals surface area contributed by atoms with Crippen LogP contribution in [0.3, 0.4) is 0 Å². The van der Waals surface area contributed by atoms with E-state index in [4.69, 9.17) is 34.8 Å². The van der Waals surface area contributed by atoms with Crippen LogP contribution in [0.15, 0.2) is 36.4 Å². The molecular formula is C20H22Cl3N3O2. The number of hydrogen-bond acceptors (Lipinski definition) is 4. The van der Waals surface area contributed by atoms with E-state index in [0.717, 1.165) is 44.8 Å². The van der Waals surface area contributed by atoms with Gasteiger partial charge in [0.15, 0.2) is 0 Å². The SMILES string of the molecule is O=C(NCCN1CCN(Cc2ccc(Cl)c(Cl)c2)CC1)c1ccc(Cl)cc1O. The largest absolute Gasteiger partial charge is 0.507 e. The van der Waals surface area contributed by atoms with Crippen molar-refractivity contribution in [1.82, 2.24) is 15.1 Å². The second-order valence-electron chi connectivity index (χ2n) is 6.78. The lowest BCUT2D eigenvalue weighted by Crippen LogP contribution is -2.48. The monoisotopic (exact) mass is 441 g/mol. The third kappa shape index (κ3) is 5.75. The molecule has 3 rings (SSSR count). The van der Waals surface area contributed by atoms with Gasteiger partial charge in [-0.25, -0.2) is 0 Å². The number of carbonyl (C=O) groups is 1. The number of rotatable bonds is 6. The summed E-state index contributed by atoms with van der Waals surface area (Å²) < 4.78 is 0. The fraction of sp³-hybridized carbons (Fsp3) is 0.350. The summed E-state index contributed by atoms with van der Waals surface area (Å²) in [5.74, 6) is -0.409. The summed E-state index contributed by atoms with van der Waals surface area (Å²) in [7, 11) is 0. The van der Waals surface area contributed by atoms with E-state index in [1.165, 1.54) is 12.1 Å². The number of nitrogens with zero attached hydrogens (tertiary/aromatic N) is 2. The van der Waals surface area contributed by atoms with Crippen molar-refractivity contribution >= 4 is 40.7 Å². The Balaban J connectivity index is 1.39. The lowest BCUT2D eigenvalue weighted by molar-refractivity contribution is 0.0931. The van der Waals surface area contributed by atoms with E-state index in [2.05, 4.69) is 15.1 Å². The number of aromatic hydroxyl groups is 1. The highest BCUT2D eigenvalue weighted by atomic mass is 35.5. The molecule has 2 N–H and O–H groups in total. The van der Waals surface area contributed by atoms with Crippen molar-refractivity contribution in [2.45, 2.75) is 6.54 Å². The van der Waals surface area contributed by atoms with Crippen LogP contribution in [-0.4, -0.2) is 60.1 Å². The first kappa shape index (κ1) is 21.2. The van der Waals surface area contributed by atoms with Crippen molar-refractivity contribution in [1.29, 1.82) is 0 Å². The van der Waals surface area contributed by atoms with Crippen molar-refractivity contribution in [3.8, 4) is 5.75 Å². The molecule has 2 aromatic carbocycles. The minimum Gasteiger partial charge on any atom is -0.507 e. The Morgan fingerprint density at radius 1 is 0.964 bits per heavy atom. The number of phenolic OH excluding ortho intramolecular Hbond substituents is 1. The average Bonchev–Trinajstić information content (AvgIpc) is 2.66. The van der Waals surface area contributed by atoms with E-state index in [9.17, 15) is 9.90 Å². The summed E-state index contributed by atoms with van der Waals surface area (Å²) in [6.07, 6.45) is 0. The lowest BCUT2D eigenvalue weighted by Gasteiger charge is -2.34. The number of phenols is 1. The highest BCUT2D eigenvalue weighted by Crippen LogP contribution is 2.24. The van der Waals surface area contributed by atoms with Gasteiger partial charge in [0.1, 0.15) is 5.75 Å². The molecule has 0 radical (unpaired) electrons. The number of nitrogens with one attached hydrogen (secondary N) is 1. The van der Waals surface area contributed by atoms with Gasteiger partial charge >= 0.3 is 0 Å². The average molecular weight is 443 g/mol. The molecule has 1 aliphatic rings. The number of benzene rings is 2. The van der Waals surface area contributed by atoms with E-state index in [-0.39, 0.29) is 17.2 Å². The molecule has 0 aliphatic carbocycles. The van der Waals surface area contributed by atoms with Crippen molar-refractivity contribution in [3.05, 3.63) is 62.6 Å². The second-order valence-corrected chi connectivity index (χ2v) is 8.03. The summed E-state index contributed by atoms with van der Waals surface area (Å²) in [5.41, 5.74) is 1.38. The van der Waals surface area contributed by atoms with Crippen LogP contribution in [0.5, 0.6) is 5.75 Å². The quantitative estimate of drug-likeness (QED) is 0.712. The van der Waals surface area contributed by atoms with Gasteiger partial charge in [-0.2, -0.15) is 0 Å². The van der Waals surface area contributed by atoms with Gasteiger partial charge in [0.05, 0.1) is 15.6 Å². The zero-order chi connectivity index (χ0) is 20.1. The standard InChI is InChI=1S/C20H22Cl3N3O2/c21-15-2-3-16(19(27)12-15)20(28)24-5-6-25-7-9-26(10-8-25)13-14-1-4-17(22)18(23)11-14/h1-4,11-12,27H,5-10,13H2,(H,24,28). The molecule has 0 spiro atoms. The Morgan fingerprint density at radius 2 is 1.68 bits per heavy atom. The summed E-state index contributed by atoms with van der Waals surface area (Å²) in [4.78, 5) is 16.9. The first-order chi connectivity index (χ1) is 13.4. The Labute approximate surface area is 179 Å². The third-order valence-corrected chi connectivity index (χ3v) is 5.75. The molecule has 1 heterocycles. The molecule has 150 valence electrons. The number of amides is 1. The van der Waals surface area contributed by atoms with Crippen LogP contribution in [-0.2, 0) is 6.54 Å². The highest BCUT2D eigenvalue weighted by Gasteiger charge is 2.18. The Morgan fingerprint density at radius 3 is 2.36 bits per heavy atom. The van der Waals surface area contributed by atoms with Crippen LogP contribution in [0.2, 0.25) is 15.1 Å². The molecule has 1 amide bonds. The lowest BCUT2D eigenvalue weighted by atomic mass is 10.2. The summed E-state index contributed by atoms with van der Waals surface area (Å²) in [6.45, 7) is 5.90. The maximum absolute atomic E-state index is 12.2. The van der Waals surface area contributed by atoms with E-state index in [1.807, 2.05) is 18.2 Å². The second kappa shape index (κ2) is 9.81. The molecular weight excluding hydrogens is 421 g/mol. The van der Waals surface area contributed by atoms with E-state index >= 15 is 0 Å². The van der Waals surface area contributed by atoms with Gasteiger partial charge in [-0.1, -0.05) is 40.9 Å². The van der Waals surface area contributed by atoms with E-state index in [0.29, 0.717) is 21.6 Å². The fourth-order valence-electron chi connectivity index (χ4n) is 3.19. The maximum Gasteiger partial charge on any atom is 0.255 e. The Kier molecular flexibility index (Phi) is 7.43. The van der Waals surface area contributed by atoms with Gasteiger partial charge in [0, 0.05) is 50.8 Å². The smallest absolute Gasteiger partial charge is 0.255 e. The predicted octanol–water partition coefficient (Wildman–Crippen LogP) is 3.90. The van der Waals surface area contributed by atoms with Gasteiger partial charge in [0.25, 0.3) is 5.91 Å². The summed E-state index contributed by atoms with van der Waals surface area (Å²) in [5, 5.41) is 14.2. The van der Waals surface area contributed by atoms with Gasteiger partial charge in [-0.15, -0.1) is 0 Å². The van der Waals surface area contributed by atoms with Crippen LogP contribution < -0.4 is 5.32 Å². The molecule has 0 aromatic heterocycles. The first-order valence-electron chi connectivity index (χ1n) is 9.08. The Bertz CT molecular complexity index is 839. The molecule has 28 heavy (non-hydrogen) atoms. The highest BCUT2D eigenvalue weighted by molar-refractivity contribution is 6.42. The minimum absolute atomic E-state index is 0.110. The van der Waals surface area contributed by atoms with Crippen molar-refractivity contribution in [2.24, 2.45) is 0 Å². The number of piperazine rings is 1. The molecule has 8 heteroatoms. The van der Waals surface area contributed by atoms with Crippen LogP contribution in [0.4, 0.5) is 0 Å². The van der Waals surface area contributed by atoms with E-state index in [1.54, 1.807) is 6.07 Å². The van der Waals surface area contributed by atoms with Crippen molar-refractivity contribution in [2.75, 3.05) is 39.3 Å². The third-order valence-electron chi connectivity index (χ3n) is 4.77. The topological polar surface area (TPSA) is 55.8 Å². The van der Waals surface area contributed by atoms with E-state index < -0.39 is 0 Å². The summed E-state index contributed by atoms with van der Waals surface area (Å²) in [6, 6.07) is 10.2. The number of hydrogen-bond donors (Lipinski definition) is 2. The molecule has 1 aliphatic heterocycles. The molecule has 0 bridgehead atoms. The zero-order valence-electron chi connectivity index (χ0n) is 15.3. The van der Waals surface area contributed by atoms with Crippen LogP contribution in [0.25, 0.3) is 0 Å². The van der Waals surface area contributed by atoms with Gasteiger partial charge in [0.2, 0.25) is 0 Å².